The lowest BCUT2D eigenvalue weighted by Gasteiger charge is -2.26. The molecule has 31 heavy (non-hydrogen) atoms. The molecule has 1 heterocycles. The second-order valence-electron chi connectivity index (χ2n) is 9.33. The number of carboxylic acid groups (broad SMARTS) is 1. The molecule has 4 rings (SSSR count). The van der Waals surface area contributed by atoms with E-state index in [1.807, 2.05) is 20.8 Å². The first kappa shape index (κ1) is 21.6. The highest BCUT2D eigenvalue weighted by molar-refractivity contribution is 6.04. The summed E-state index contributed by atoms with van der Waals surface area (Å²) in [5.74, 6) is -3.02. The predicted octanol–water partition coefficient (Wildman–Crippen LogP) is 3.21. The minimum atomic E-state index is -0.922. The molecular formula is C23H32N4O4. The van der Waals surface area contributed by atoms with Gasteiger partial charge in [-0.2, -0.15) is 5.10 Å². The van der Waals surface area contributed by atoms with Crippen molar-refractivity contribution in [1.29, 1.82) is 0 Å². The molecule has 3 saturated carbocycles. The second-order valence-corrected chi connectivity index (χ2v) is 9.33. The fourth-order valence-electron chi connectivity index (χ4n) is 5.99. The van der Waals surface area contributed by atoms with Crippen molar-refractivity contribution in [2.24, 2.45) is 23.7 Å². The molecule has 2 amide bonds. The molecule has 1 aromatic rings. The summed E-state index contributed by atoms with van der Waals surface area (Å²) in [5.41, 5.74) is 2.80. The lowest BCUT2D eigenvalue weighted by Crippen LogP contribution is -2.38. The molecule has 4 atom stereocenters. The molecule has 8 nitrogen and oxygen atoms in total. The summed E-state index contributed by atoms with van der Waals surface area (Å²) in [5, 5.41) is 20.1. The number of carbonyl (C=O) groups is 3. The van der Waals surface area contributed by atoms with Crippen LogP contribution < -0.4 is 10.6 Å². The van der Waals surface area contributed by atoms with Gasteiger partial charge in [-0.1, -0.05) is 24.0 Å². The number of nitrogens with one attached hydrogen (secondary N) is 2. The van der Waals surface area contributed by atoms with E-state index in [0.29, 0.717) is 12.2 Å². The van der Waals surface area contributed by atoms with Gasteiger partial charge in [0.25, 0.3) is 5.91 Å². The normalized spacial score (nSPS) is 27.5. The van der Waals surface area contributed by atoms with Crippen molar-refractivity contribution in [2.45, 2.75) is 71.9 Å². The van der Waals surface area contributed by atoms with Gasteiger partial charge in [0.05, 0.1) is 17.5 Å². The maximum absolute atomic E-state index is 13.3. The third-order valence-electron chi connectivity index (χ3n) is 7.26. The van der Waals surface area contributed by atoms with Crippen molar-refractivity contribution in [1.82, 2.24) is 15.1 Å². The van der Waals surface area contributed by atoms with Crippen LogP contribution in [0.4, 0.5) is 5.69 Å². The first-order valence-electron chi connectivity index (χ1n) is 11.4. The highest BCUT2D eigenvalue weighted by Gasteiger charge is 2.57. The first-order valence-corrected chi connectivity index (χ1v) is 11.4. The highest BCUT2D eigenvalue weighted by Crippen LogP contribution is 2.57. The Morgan fingerprint density at radius 1 is 1.10 bits per heavy atom. The SMILES string of the molecule is CCn1cc(NC(=O)[C@@H]2[C@@H](C(=O)O)[C@@H]3CC[C@@H]2C3=C(C)C)c(C(=O)NC2CCCC2)n1. The third-order valence-corrected chi connectivity index (χ3v) is 7.26. The summed E-state index contributed by atoms with van der Waals surface area (Å²) in [7, 11) is 0. The van der Waals surface area contributed by atoms with E-state index in [9.17, 15) is 19.5 Å². The van der Waals surface area contributed by atoms with Gasteiger partial charge in [0.15, 0.2) is 5.69 Å². The average Bonchev–Trinajstić information content (AvgIpc) is 3.49. The van der Waals surface area contributed by atoms with E-state index in [1.165, 1.54) is 0 Å². The van der Waals surface area contributed by atoms with Gasteiger partial charge in [-0.3, -0.25) is 19.1 Å². The molecule has 2 bridgehead atoms. The number of aromatic nitrogens is 2. The number of hydrogen-bond acceptors (Lipinski definition) is 4. The second kappa shape index (κ2) is 8.48. The zero-order valence-electron chi connectivity index (χ0n) is 18.5. The Bertz CT molecular complexity index is 924. The molecule has 3 N–H and O–H groups in total. The van der Waals surface area contributed by atoms with Crippen molar-refractivity contribution in [3.8, 4) is 0 Å². The zero-order chi connectivity index (χ0) is 22.3. The minimum absolute atomic E-state index is 0.0481. The number of carboxylic acids is 1. The molecule has 0 unspecified atom stereocenters. The van der Waals surface area contributed by atoms with Gasteiger partial charge in [-0.15, -0.1) is 0 Å². The Morgan fingerprint density at radius 2 is 1.74 bits per heavy atom. The molecule has 1 aromatic heterocycles. The fourth-order valence-corrected chi connectivity index (χ4v) is 5.99. The summed E-state index contributed by atoms with van der Waals surface area (Å²) in [6.07, 6.45) is 7.42. The van der Waals surface area contributed by atoms with E-state index in [2.05, 4.69) is 15.7 Å². The van der Waals surface area contributed by atoms with Gasteiger partial charge in [-0.25, -0.2) is 0 Å². The van der Waals surface area contributed by atoms with Crippen LogP contribution in [0.15, 0.2) is 17.3 Å². The van der Waals surface area contributed by atoms with Gasteiger partial charge >= 0.3 is 5.97 Å². The maximum Gasteiger partial charge on any atom is 0.307 e. The summed E-state index contributed by atoms with van der Waals surface area (Å²) in [6.45, 7) is 6.47. The van der Waals surface area contributed by atoms with Gasteiger partial charge in [-0.05, 0) is 58.3 Å². The quantitative estimate of drug-likeness (QED) is 0.602. The monoisotopic (exact) mass is 428 g/mol. The largest absolute Gasteiger partial charge is 0.481 e. The molecule has 3 fully saturated rings. The number of aliphatic carboxylic acids is 1. The van der Waals surface area contributed by atoms with E-state index < -0.39 is 17.8 Å². The summed E-state index contributed by atoms with van der Waals surface area (Å²) < 4.78 is 1.62. The number of nitrogens with zero attached hydrogens (tertiary/aromatic N) is 2. The maximum atomic E-state index is 13.3. The number of aryl methyl sites for hydroxylation is 1. The highest BCUT2D eigenvalue weighted by atomic mass is 16.4. The number of amides is 2. The first-order chi connectivity index (χ1) is 14.8. The average molecular weight is 429 g/mol. The smallest absolute Gasteiger partial charge is 0.307 e. The summed E-state index contributed by atoms with van der Waals surface area (Å²) in [6, 6.07) is 0.144. The van der Waals surface area contributed by atoms with Crippen LogP contribution in [0.3, 0.4) is 0 Å². The number of anilines is 1. The molecule has 8 heteroatoms. The van der Waals surface area contributed by atoms with E-state index in [4.69, 9.17) is 0 Å². The van der Waals surface area contributed by atoms with Crippen molar-refractivity contribution in [2.75, 3.05) is 5.32 Å². The van der Waals surface area contributed by atoms with E-state index in [0.717, 1.165) is 49.7 Å². The van der Waals surface area contributed by atoms with Crippen LogP contribution in [0, 0.1) is 23.7 Å². The van der Waals surface area contributed by atoms with Crippen LogP contribution in [0.5, 0.6) is 0 Å². The van der Waals surface area contributed by atoms with Crippen LogP contribution in [0.1, 0.15) is 69.8 Å². The van der Waals surface area contributed by atoms with Gasteiger partial charge < -0.3 is 15.7 Å². The van der Waals surface area contributed by atoms with Gasteiger partial charge in [0.2, 0.25) is 5.91 Å². The van der Waals surface area contributed by atoms with Crippen LogP contribution in [0.25, 0.3) is 0 Å². The van der Waals surface area contributed by atoms with E-state index >= 15 is 0 Å². The molecular weight excluding hydrogens is 396 g/mol. The topological polar surface area (TPSA) is 113 Å². The number of fused-ring (bicyclic) bond motifs is 2. The Morgan fingerprint density at radius 3 is 2.32 bits per heavy atom. The molecule has 3 aliphatic carbocycles. The zero-order valence-corrected chi connectivity index (χ0v) is 18.5. The van der Waals surface area contributed by atoms with Crippen LogP contribution in [-0.4, -0.2) is 38.7 Å². The lowest BCUT2D eigenvalue weighted by molar-refractivity contribution is -0.148. The molecule has 0 spiro atoms. The third kappa shape index (κ3) is 3.88. The number of hydrogen-bond donors (Lipinski definition) is 3. The Kier molecular flexibility index (Phi) is 5.90. The predicted molar refractivity (Wildman–Crippen MR) is 115 cm³/mol. The van der Waals surface area contributed by atoms with Crippen molar-refractivity contribution in [3.05, 3.63) is 23.0 Å². The lowest BCUT2D eigenvalue weighted by atomic mass is 9.78. The Balaban J connectivity index is 1.58. The molecule has 0 saturated heterocycles. The van der Waals surface area contributed by atoms with Crippen LogP contribution >= 0.6 is 0 Å². The molecule has 0 aromatic carbocycles. The molecule has 3 aliphatic rings. The number of allylic oxidation sites excluding steroid dienone is 2. The number of rotatable bonds is 6. The number of carbonyl (C=O) groups excluding carboxylic acids is 2. The van der Waals surface area contributed by atoms with Gasteiger partial charge in [0.1, 0.15) is 0 Å². The summed E-state index contributed by atoms with van der Waals surface area (Å²) in [4.78, 5) is 38.3. The minimum Gasteiger partial charge on any atom is -0.481 e. The van der Waals surface area contributed by atoms with Crippen LogP contribution in [-0.2, 0) is 16.1 Å². The van der Waals surface area contributed by atoms with E-state index in [-0.39, 0.29) is 35.4 Å². The van der Waals surface area contributed by atoms with Crippen molar-refractivity contribution >= 4 is 23.5 Å². The van der Waals surface area contributed by atoms with Crippen molar-refractivity contribution in [3.63, 3.8) is 0 Å². The molecule has 168 valence electrons. The van der Waals surface area contributed by atoms with Crippen LogP contribution in [0.2, 0.25) is 0 Å². The van der Waals surface area contributed by atoms with Gasteiger partial charge in [0, 0.05) is 18.8 Å². The Hall–Kier alpha value is -2.64. The van der Waals surface area contributed by atoms with Crippen molar-refractivity contribution < 1.29 is 19.5 Å². The molecule has 0 radical (unpaired) electrons. The fraction of sp³-hybridized carbons (Fsp3) is 0.652. The summed E-state index contributed by atoms with van der Waals surface area (Å²) >= 11 is 0. The van der Waals surface area contributed by atoms with E-state index in [1.54, 1.807) is 10.9 Å². The Labute approximate surface area is 182 Å². The standard InChI is InChI=1S/C23H32N4O4/c1-4-27-11-16(20(26-27)22(29)24-13-7-5-6-8-13)25-21(28)18-14-9-10-15(17(14)12(2)3)19(18)23(30)31/h11,13-15,18-19H,4-10H2,1-3H3,(H,24,29)(H,25,28)(H,30,31)/t14-,15-,18+,19+/m1/s1. The molecule has 0 aliphatic heterocycles.